The third-order valence-corrected chi connectivity index (χ3v) is 5.92. The molecular weight excluding hydrogens is 527 g/mol. The first-order chi connectivity index (χ1) is 16.7. The van der Waals surface area contributed by atoms with E-state index in [1.807, 2.05) is 6.92 Å². The van der Waals surface area contributed by atoms with Crippen LogP contribution in [0.15, 0.2) is 59.6 Å². The molecule has 4 aromatic rings. The molecule has 1 atom stereocenters. The number of amides is 1. The first-order valence-corrected chi connectivity index (χ1v) is 11.3. The lowest BCUT2D eigenvalue weighted by Crippen LogP contribution is -2.35. The zero-order valence-corrected chi connectivity index (χ0v) is 20.0. The van der Waals surface area contributed by atoms with E-state index in [0.717, 1.165) is 12.3 Å². The summed E-state index contributed by atoms with van der Waals surface area (Å²) in [7, 11) is 0. The van der Waals surface area contributed by atoms with Crippen LogP contribution in [0.2, 0.25) is 0 Å². The van der Waals surface area contributed by atoms with Crippen molar-refractivity contribution in [1.82, 2.24) is 29.8 Å². The number of nitrogens with zero attached hydrogens (tertiary/aromatic N) is 6. The van der Waals surface area contributed by atoms with E-state index < -0.39 is 23.7 Å². The Hall–Kier alpha value is -3.67. The number of hydrogen-bond acceptors (Lipinski definition) is 7. The van der Waals surface area contributed by atoms with Crippen LogP contribution >= 0.6 is 15.9 Å². The van der Waals surface area contributed by atoms with Gasteiger partial charge in [-0.1, -0.05) is 6.92 Å². The van der Waals surface area contributed by atoms with Gasteiger partial charge in [-0.2, -0.15) is 13.2 Å². The lowest BCUT2D eigenvalue weighted by molar-refractivity contribution is -0.137. The van der Waals surface area contributed by atoms with Crippen LogP contribution in [-0.4, -0.2) is 35.7 Å². The molecule has 0 aliphatic rings. The molecule has 4 aromatic heterocycles. The maximum absolute atomic E-state index is 13.7. The molecule has 8 nitrogen and oxygen atoms in total. The third kappa shape index (κ3) is 5.37. The van der Waals surface area contributed by atoms with Crippen molar-refractivity contribution >= 4 is 38.7 Å². The molecule has 0 aliphatic heterocycles. The Labute approximate surface area is 206 Å². The predicted molar refractivity (Wildman–Crippen MR) is 126 cm³/mol. The molecule has 35 heavy (non-hydrogen) atoms. The predicted octanol–water partition coefficient (Wildman–Crippen LogP) is 4.97. The van der Waals surface area contributed by atoms with Crippen molar-refractivity contribution in [3.05, 3.63) is 82.2 Å². The standard InChI is InChI=1S/C23H19BrF3N7O/c1-2-18(21-29-6-3-7-30-21)34(12-16-5-4-15(11-31-16)23(25,26)27)22(35)14-8-13-9-17(24)19(28)33-20(13)32-10-14/h3-11,18H,2,12H2,1H3,(H2,28,32,33)/t18-/m0/s1. The third-order valence-electron chi connectivity index (χ3n) is 5.29. The van der Waals surface area contributed by atoms with Gasteiger partial charge in [0.2, 0.25) is 0 Å². The van der Waals surface area contributed by atoms with Gasteiger partial charge in [-0.15, -0.1) is 0 Å². The van der Waals surface area contributed by atoms with Gasteiger partial charge in [0, 0.05) is 30.2 Å². The van der Waals surface area contributed by atoms with Gasteiger partial charge in [-0.25, -0.2) is 19.9 Å². The Bertz CT molecular complexity index is 1350. The maximum atomic E-state index is 13.7. The summed E-state index contributed by atoms with van der Waals surface area (Å²) in [4.78, 5) is 36.2. The number of carbonyl (C=O) groups is 1. The van der Waals surface area contributed by atoms with E-state index in [-0.39, 0.29) is 23.6 Å². The van der Waals surface area contributed by atoms with E-state index in [0.29, 0.717) is 27.8 Å². The van der Waals surface area contributed by atoms with E-state index in [4.69, 9.17) is 5.73 Å². The van der Waals surface area contributed by atoms with Crippen molar-refractivity contribution in [2.45, 2.75) is 32.1 Å². The summed E-state index contributed by atoms with van der Waals surface area (Å²) in [5.74, 6) is 0.265. The monoisotopic (exact) mass is 545 g/mol. The second-order valence-electron chi connectivity index (χ2n) is 7.63. The van der Waals surface area contributed by atoms with Crippen molar-refractivity contribution < 1.29 is 18.0 Å². The van der Waals surface area contributed by atoms with Gasteiger partial charge in [-0.05, 0) is 52.7 Å². The summed E-state index contributed by atoms with van der Waals surface area (Å²) in [5, 5.41) is 0.591. The normalized spacial score (nSPS) is 12.5. The van der Waals surface area contributed by atoms with Crippen LogP contribution in [-0.2, 0) is 12.7 Å². The molecule has 0 aliphatic carbocycles. The van der Waals surface area contributed by atoms with Crippen molar-refractivity contribution in [2.75, 3.05) is 5.73 Å². The number of nitrogen functional groups attached to an aromatic ring is 1. The fourth-order valence-electron chi connectivity index (χ4n) is 3.54. The molecule has 4 heterocycles. The number of alkyl halides is 3. The van der Waals surface area contributed by atoms with Gasteiger partial charge < -0.3 is 10.6 Å². The molecule has 1 amide bonds. The number of nitrogens with two attached hydrogens (primary N) is 1. The number of carbonyl (C=O) groups excluding carboxylic acids is 1. The van der Waals surface area contributed by atoms with Gasteiger partial charge in [0.05, 0.1) is 33.9 Å². The van der Waals surface area contributed by atoms with Crippen LogP contribution in [0.1, 0.15) is 46.8 Å². The Morgan fingerprint density at radius 3 is 2.49 bits per heavy atom. The maximum Gasteiger partial charge on any atom is 0.417 e. The summed E-state index contributed by atoms with van der Waals surface area (Å²) in [6, 6.07) is 6.64. The Kier molecular flexibility index (Phi) is 6.92. The van der Waals surface area contributed by atoms with Crippen LogP contribution in [0.25, 0.3) is 11.0 Å². The lowest BCUT2D eigenvalue weighted by atomic mass is 10.1. The topological polar surface area (TPSA) is 111 Å². The minimum absolute atomic E-state index is 0.0601. The summed E-state index contributed by atoms with van der Waals surface area (Å²) in [5.41, 5.74) is 5.86. The minimum Gasteiger partial charge on any atom is -0.383 e. The van der Waals surface area contributed by atoms with Crippen LogP contribution in [0.3, 0.4) is 0 Å². The molecule has 2 N–H and O–H groups in total. The Balaban J connectivity index is 1.74. The summed E-state index contributed by atoms with van der Waals surface area (Å²) in [6.07, 6.45) is 1.22. The van der Waals surface area contributed by atoms with Gasteiger partial charge in [0.25, 0.3) is 5.91 Å². The smallest absolute Gasteiger partial charge is 0.383 e. The molecule has 12 heteroatoms. The van der Waals surface area contributed by atoms with Crippen molar-refractivity contribution in [3.63, 3.8) is 0 Å². The zero-order valence-electron chi connectivity index (χ0n) is 18.4. The van der Waals surface area contributed by atoms with Crippen LogP contribution in [0.4, 0.5) is 19.0 Å². The van der Waals surface area contributed by atoms with E-state index >= 15 is 0 Å². The molecule has 0 aromatic carbocycles. The van der Waals surface area contributed by atoms with E-state index in [2.05, 4.69) is 40.8 Å². The first-order valence-electron chi connectivity index (χ1n) is 10.5. The van der Waals surface area contributed by atoms with Crippen molar-refractivity contribution in [1.29, 1.82) is 0 Å². The second-order valence-corrected chi connectivity index (χ2v) is 8.48. The highest BCUT2D eigenvalue weighted by Gasteiger charge is 2.32. The number of aromatic nitrogens is 5. The van der Waals surface area contributed by atoms with Gasteiger partial charge in [-0.3, -0.25) is 9.78 Å². The summed E-state index contributed by atoms with van der Waals surface area (Å²) >= 11 is 3.32. The number of hydrogen-bond donors (Lipinski definition) is 1. The van der Waals surface area contributed by atoms with Crippen LogP contribution in [0.5, 0.6) is 0 Å². The number of pyridine rings is 3. The Morgan fingerprint density at radius 1 is 1.11 bits per heavy atom. The average molecular weight is 546 g/mol. The summed E-state index contributed by atoms with van der Waals surface area (Å²) in [6.45, 7) is 1.80. The average Bonchev–Trinajstić information content (AvgIpc) is 2.84. The van der Waals surface area contributed by atoms with Crippen LogP contribution < -0.4 is 5.73 Å². The number of anilines is 1. The van der Waals surface area contributed by atoms with Crippen molar-refractivity contribution in [3.8, 4) is 0 Å². The number of fused-ring (bicyclic) bond motifs is 1. The Morgan fingerprint density at radius 2 is 1.86 bits per heavy atom. The highest BCUT2D eigenvalue weighted by Crippen LogP contribution is 2.30. The zero-order chi connectivity index (χ0) is 25.2. The molecule has 0 saturated carbocycles. The SMILES string of the molecule is CC[C@@H](c1ncccn1)N(Cc1ccc(C(F)(F)F)cn1)C(=O)c1cnc2nc(N)c(Br)cc2c1. The molecule has 180 valence electrons. The highest BCUT2D eigenvalue weighted by molar-refractivity contribution is 9.10. The molecular formula is C23H19BrF3N7O. The quantitative estimate of drug-likeness (QED) is 0.364. The van der Waals surface area contributed by atoms with Crippen molar-refractivity contribution in [2.24, 2.45) is 0 Å². The van der Waals surface area contributed by atoms with E-state index in [9.17, 15) is 18.0 Å². The molecule has 0 saturated heterocycles. The van der Waals surface area contributed by atoms with Gasteiger partial charge in [0.15, 0.2) is 11.5 Å². The second kappa shape index (κ2) is 9.90. The molecule has 0 spiro atoms. The van der Waals surface area contributed by atoms with E-state index in [1.54, 1.807) is 30.6 Å². The number of halogens is 4. The van der Waals surface area contributed by atoms with Gasteiger partial charge >= 0.3 is 6.18 Å². The first kappa shape index (κ1) is 24.5. The molecule has 0 radical (unpaired) electrons. The molecule has 4 rings (SSSR count). The van der Waals surface area contributed by atoms with Gasteiger partial charge in [0.1, 0.15) is 5.82 Å². The molecule has 0 bridgehead atoms. The van der Waals surface area contributed by atoms with E-state index in [1.165, 1.54) is 17.2 Å². The van der Waals surface area contributed by atoms with Crippen LogP contribution in [0, 0.1) is 0 Å². The molecule has 0 fully saturated rings. The number of rotatable bonds is 6. The largest absolute Gasteiger partial charge is 0.417 e. The molecule has 0 unspecified atom stereocenters. The fraction of sp³-hybridized carbons (Fsp3) is 0.217. The fourth-order valence-corrected chi connectivity index (χ4v) is 3.88. The lowest BCUT2D eigenvalue weighted by Gasteiger charge is -2.30. The summed E-state index contributed by atoms with van der Waals surface area (Å²) < 4.78 is 39.5. The minimum atomic E-state index is -4.51. The highest BCUT2D eigenvalue weighted by atomic mass is 79.9.